The molecule has 2 aromatic carbocycles. The lowest BCUT2D eigenvalue weighted by Gasteiger charge is -2.03. The normalized spacial score (nSPS) is 10.8. The first kappa shape index (κ1) is 16.1. The van der Waals surface area contributed by atoms with E-state index in [1.807, 2.05) is 24.3 Å². The summed E-state index contributed by atoms with van der Waals surface area (Å²) in [5.74, 6) is 0.157. The lowest BCUT2D eigenvalue weighted by atomic mass is 10.1. The Morgan fingerprint density at radius 2 is 1.77 bits per heavy atom. The van der Waals surface area contributed by atoms with Crippen molar-refractivity contribution in [2.75, 3.05) is 6.54 Å². The van der Waals surface area contributed by atoms with Crippen molar-refractivity contribution in [3.05, 3.63) is 70.8 Å². The number of hydrogen-bond donors (Lipinski definition) is 2. The molecule has 0 heterocycles. The van der Waals surface area contributed by atoms with Gasteiger partial charge in [0.15, 0.2) is 0 Å². The van der Waals surface area contributed by atoms with E-state index in [0.29, 0.717) is 11.6 Å². The molecule has 4 heteroatoms. The number of amides is 1. The van der Waals surface area contributed by atoms with E-state index in [1.165, 1.54) is 6.08 Å². The van der Waals surface area contributed by atoms with Gasteiger partial charge in [0.1, 0.15) is 5.75 Å². The fraction of sp³-hybridized carbons (Fsp3) is 0.167. The zero-order valence-electron chi connectivity index (χ0n) is 12.1. The molecule has 0 bridgehead atoms. The number of carbonyl (C=O) groups excluding carboxylic acids is 1. The summed E-state index contributed by atoms with van der Waals surface area (Å²) in [4.78, 5) is 11.7. The van der Waals surface area contributed by atoms with E-state index in [4.69, 9.17) is 11.6 Å². The summed E-state index contributed by atoms with van der Waals surface area (Å²) in [5.41, 5.74) is 2.08. The van der Waals surface area contributed by atoms with Crippen molar-refractivity contribution in [2.24, 2.45) is 0 Å². The van der Waals surface area contributed by atoms with Crippen molar-refractivity contribution in [1.29, 1.82) is 0 Å². The molecule has 0 saturated heterocycles. The minimum absolute atomic E-state index is 0.111. The van der Waals surface area contributed by atoms with Crippen LogP contribution in [0.25, 0.3) is 6.08 Å². The highest BCUT2D eigenvalue weighted by molar-refractivity contribution is 6.30. The van der Waals surface area contributed by atoms with Gasteiger partial charge in [-0.15, -0.1) is 0 Å². The van der Waals surface area contributed by atoms with Crippen molar-refractivity contribution >= 4 is 23.6 Å². The average molecular weight is 316 g/mol. The molecule has 0 spiro atoms. The van der Waals surface area contributed by atoms with E-state index in [-0.39, 0.29) is 11.7 Å². The van der Waals surface area contributed by atoms with Crippen LogP contribution in [0.4, 0.5) is 0 Å². The Kier molecular flexibility index (Phi) is 6.04. The quantitative estimate of drug-likeness (QED) is 0.629. The lowest BCUT2D eigenvalue weighted by molar-refractivity contribution is -0.116. The molecule has 22 heavy (non-hydrogen) atoms. The van der Waals surface area contributed by atoms with Crippen molar-refractivity contribution in [3.63, 3.8) is 0 Å². The zero-order valence-corrected chi connectivity index (χ0v) is 12.9. The molecular formula is C18H18ClNO2. The van der Waals surface area contributed by atoms with Crippen LogP contribution in [-0.2, 0) is 11.2 Å². The maximum absolute atomic E-state index is 11.7. The Morgan fingerprint density at radius 1 is 1.09 bits per heavy atom. The molecule has 0 saturated carbocycles. The maximum Gasteiger partial charge on any atom is 0.243 e. The number of phenolic OH excluding ortho intramolecular Hbond substituents is 1. The molecule has 0 aliphatic heterocycles. The summed E-state index contributed by atoms with van der Waals surface area (Å²) < 4.78 is 0. The fourth-order valence-corrected chi connectivity index (χ4v) is 2.10. The van der Waals surface area contributed by atoms with Gasteiger partial charge in [0, 0.05) is 17.6 Å². The van der Waals surface area contributed by atoms with E-state index in [0.717, 1.165) is 24.0 Å². The SMILES string of the molecule is O=C(/C=C/c1ccc(Cl)cc1)NCCCc1ccc(O)cc1. The number of nitrogens with one attached hydrogen (secondary N) is 1. The van der Waals surface area contributed by atoms with Crippen molar-refractivity contribution in [1.82, 2.24) is 5.32 Å². The van der Waals surface area contributed by atoms with Crippen LogP contribution >= 0.6 is 11.6 Å². The Balaban J connectivity index is 1.69. The minimum atomic E-state index is -0.111. The van der Waals surface area contributed by atoms with Crippen LogP contribution in [0.5, 0.6) is 5.75 Å². The maximum atomic E-state index is 11.7. The first-order valence-electron chi connectivity index (χ1n) is 7.13. The number of rotatable bonds is 6. The summed E-state index contributed by atoms with van der Waals surface area (Å²) >= 11 is 5.80. The van der Waals surface area contributed by atoms with Gasteiger partial charge < -0.3 is 10.4 Å². The predicted octanol–water partition coefficient (Wildman–Crippen LogP) is 3.81. The third-order valence-electron chi connectivity index (χ3n) is 3.17. The number of aryl methyl sites for hydroxylation is 1. The molecule has 0 fully saturated rings. The molecule has 0 unspecified atom stereocenters. The second-order valence-corrected chi connectivity index (χ2v) is 5.38. The summed E-state index contributed by atoms with van der Waals surface area (Å²) in [6.45, 7) is 0.616. The molecule has 0 aliphatic rings. The summed E-state index contributed by atoms with van der Waals surface area (Å²) in [6.07, 6.45) is 4.99. The second kappa shape index (κ2) is 8.25. The second-order valence-electron chi connectivity index (χ2n) is 4.95. The van der Waals surface area contributed by atoms with Gasteiger partial charge in [0.05, 0.1) is 0 Å². The first-order valence-corrected chi connectivity index (χ1v) is 7.51. The van der Waals surface area contributed by atoms with Crippen LogP contribution in [0.2, 0.25) is 5.02 Å². The van der Waals surface area contributed by atoms with Crippen molar-refractivity contribution in [3.8, 4) is 5.75 Å². The minimum Gasteiger partial charge on any atom is -0.508 e. The topological polar surface area (TPSA) is 49.3 Å². The average Bonchev–Trinajstić information content (AvgIpc) is 2.53. The molecule has 2 aromatic rings. The third-order valence-corrected chi connectivity index (χ3v) is 3.43. The molecule has 1 amide bonds. The van der Waals surface area contributed by atoms with E-state index >= 15 is 0 Å². The molecule has 3 nitrogen and oxygen atoms in total. The van der Waals surface area contributed by atoms with Gasteiger partial charge in [-0.2, -0.15) is 0 Å². The number of aromatic hydroxyl groups is 1. The standard InChI is InChI=1S/C18H18ClNO2/c19-16-8-3-15(4-9-16)7-12-18(22)20-13-1-2-14-5-10-17(21)11-6-14/h3-12,21H,1-2,13H2,(H,20,22)/b12-7+. The molecule has 0 aliphatic carbocycles. The smallest absolute Gasteiger partial charge is 0.243 e. The van der Waals surface area contributed by atoms with Crippen molar-refractivity contribution in [2.45, 2.75) is 12.8 Å². The number of phenols is 1. The number of carbonyl (C=O) groups is 1. The predicted molar refractivity (Wildman–Crippen MR) is 89.9 cm³/mol. The van der Waals surface area contributed by atoms with Gasteiger partial charge in [0.2, 0.25) is 5.91 Å². The number of hydrogen-bond acceptors (Lipinski definition) is 2. The summed E-state index contributed by atoms with van der Waals surface area (Å²) in [6, 6.07) is 14.4. The highest BCUT2D eigenvalue weighted by atomic mass is 35.5. The largest absolute Gasteiger partial charge is 0.508 e. The molecule has 2 N–H and O–H groups in total. The Bertz CT molecular complexity index is 633. The van der Waals surface area contributed by atoms with Crippen molar-refractivity contribution < 1.29 is 9.90 Å². The zero-order chi connectivity index (χ0) is 15.8. The van der Waals surface area contributed by atoms with Gasteiger partial charge >= 0.3 is 0 Å². The highest BCUT2D eigenvalue weighted by Gasteiger charge is 1.97. The van der Waals surface area contributed by atoms with Gasteiger partial charge in [-0.3, -0.25) is 4.79 Å². The highest BCUT2D eigenvalue weighted by Crippen LogP contribution is 2.11. The summed E-state index contributed by atoms with van der Waals surface area (Å²) in [7, 11) is 0. The monoisotopic (exact) mass is 315 g/mol. The van der Waals surface area contributed by atoms with Crippen LogP contribution in [0, 0.1) is 0 Å². The van der Waals surface area contributed by atoms with E-state index in [2.05, 4.69) is 5.32 Å². The van der Waals surface area contributed by atoms with Gasteiger partial charge in [0.25, 0.3) is 0 Å². The third kappa shape index (κ3) is 5.62. The molecular weight excluding hydrogens is 298 g/mol. The van der Waals surface area contributed by atoms with E-state index in [1.54, 1.807) is 30.3 Å². The molecule has 0 aromatic heterocycles. The Morgan fingerprint density at radius 3 is 2.45 bits per heavy atom. The van der Waals surface area contributed by atoms with Gasteiger partial charge in [-0.25, -0.2) is 0 Å². The van der Waals surface area contributed by atoms with Crippen LogP contribution in [-0.4, -0.2) is 17.6 Å². The molecule has 114 valence electrons. The fourth-order valence-electron chi connectivity index (χ4n) is 1.97. The van der Waals surface area contributed by atoms with Gasteiger partial charge in [-0.05, 0) is 54.3 Å². The first-order chi connectivity index (χ1) is 10.6. The van der Waals surface area contributed by atoms with Crippen LogP contribution < -0.4 is 5.32 Å². The molecule has 0 atom stereocenters. The van der Waals surface area contributed by atoms with E-state index < -0.39 is 0 Å². The van der Waals surface area contributed by atoms with E-state index in [9.17, 15) is 9.90 Å². The van der Waals surface area contributed by atoms with Crippen LogP contribution in [0.15, 0.2) is 54.6 Å². The van der Waals surface area contributed by atoms with Gasteiger partial charge in [-0.1, -0.05) is 35.9 Å². The Hall–Kier alpha value is -2.26. The molecule has 2 rings (SSSR count). The number of benzene rings is 2. The van der Waals surface area contributed by atoms with Crippen LogP contribution in [0.1, 0.15) is 17.5 Å². The summed E-state index contributed by atoms with van der Waals surface area (Å²) in [5, 5.41) is 12.7. The molecule has 0 radical (unpaired) electrons. The van der Waals surface area contributed by atoms with Crippen LogP contribution in [0.3, 0.4) is 0 Å². The number of halogens is 1. The lowest BCUT2D eigenvalue weighted by Crippen LogP contribution is -2.22. The Labute approximate surface area is 135 Å².